The van der Waals surface area contributed by atoms with Gasteiger partial charge in [-0.1, -0.05) is 90.5 Å². The Kier molecular flexibility index (Phi) is 27.2. The molecule has 124 heavy (non-hydrogen) atoms. The molecule has 5 aromatic carbocycles. The highest BCUT2D eigenvalue weighted by Crippen LogP contribution is 2.50. The molecule has 10 N–H and O–H groups in total. The predicted molar refractivity (Wildman–Crippen MR) is 491 cm³/mol. The van der Waals surface area contributed by atoms with E-state index >= 15 is 0 Å². The van der Waals surface area contributed by atoms with Crippen molar-refractivity contribution < 1.29 is 28.4 Å². The van der Waals surface area contributed by atoms with Gasteiger partial charge in [0.25, 0.3) is 0 Å². The van der Waals surface area contributed by atoms with Crippen molar-refractivity contribution in [1.82, 2.24) is 34.4 Å². The quantitative estimate of drug-likeness (QED) is 0.0758. The Morgan fingerprint density at radius 1 is 0.468 bits per heavy atom. The standard InChI is InChI=1S/C25H31N5OS.C18H14FN5OS.C18H19N3O.C16H15N5OS.C14H14ClN3OS2/c1-16(2)30-10-8-18(9-11-30)22-23(31)29(4)24(27)28-25(22,3)21-13-20(15-32-21)19-7-5-6-17(12-19)14-26;1-18(7-16(25)24(2)17(22)23-18)15-6-12(14(9-21)26-15)10-3-4-13(19)11(5-10)8-20;1-18(12-16(22)21(2)17(19)20-18)15-10-6-9-14(11-15)13-7-4-3-5-8-13;1-16(7-13(22)21(2)15(18)20-16)12-9-19-14(23-12)11-5-3-4-10(6-11)8-17;1-14(6-12(19)18(2)13(16)17-14)10-5-8(7-20-10)9-3-4-11(15)21-9/h5-7,12-13,15-16,18,22H,8-11H2,1-4H3,(H2,27,28);3-6H,7H2,1-2H3,(H2,22,23);3-11H,12H2,1-2H3,(H2,19,20);3-6,9H,7H2,1-2H3,(H2,18,20);3-5,7H,6H2,1-2H3,(H2,16,17)/t22-,25-;2*18-;16-;14-/m10000/s1. The van der Waals surface area contributed by atoms with Crippen molar-refractivity contribution in [3.05, 3.63) is 225 Å². The van der Waals surface area contributed by atoms with Crippen molar-refractivity contribution in [3.8, 4) is 78.7 Å². The summed E-state index contributed by atoms with van der Waals surface area (Å²) in [6.07, 6.45) is 4.73. The average Bonchev–Trinajstić information content (AvgIpc) is 1.27. The van der Waals surface area contributed by atoms with Crippen LogP contribution in [0.3, 0.4) is 0 Å². The summed E-state index contributed by atoms with van der Waals surface area (Å²) < 4.78 is 14.4. The summed E-state index contributed by atoms with van der Waals surface area (Å²) in [4.78, 5) is 104. The van der Waals surface area contributed by atoms with Crippen LogP contribution in [-0.4, -0.2) is 148 Å². The molecule has 0 aliphatic carbocycles. The lowest BCUT2D eigenvalue weighted by molar-refractivity contribution is -0.137. The monoisotopic (exact) mass is 1770 g/mol. The van der Waals surface area contributed by atoms with E-state index in [4.69, 9.17) is 55.8 Å². The van der Waals surface area contributed by atoms with Gasteiger partial charge in [0.15, 0.2) is 29.8 Å². The zero-order valence-corrected chi connectivity index (χ0v) is 75.3. The molecule has 33 heteroatoms. The van der Waals surface area contributed by atoms with Crippen LogP contribution in [0.4, 0.5) is 4.39 Å². The van der Waals surface area contributed by atoms with Crippen LogP contribution in [0.1, 0.15) is 134 Å². The van der Waals surface area contributed by atoms with Crippen molar-refractivity contribution in [2.45, 2.75) is 121 Å². The van der Waals surface area contributed by atoms with Gasteiger partial charge >= 0.3 is 0 Å². The third-order valence-electron chi connectivity index (χ3n) is 23.0. The number of benzene rings is 5. The van der Waals surface area contributed by atoms with Gasteiger partial charge in [-0.05, 0) is 197 Å². The van der Waals surface area contributed by atoms with E-state index in [9.17, 15) is 38.9 Å². The minimum Gasteiger partial charge on any atom is -0.369 e. The smallest absolute Gasteiger partial charge is 0.235 e. The first-order valence-corrected chi connectivity index (χ1v) is 44.1. The first-order valence-electron chi connectivity index (χ1n) is 39.5. The predicted octanol–water partition coefficient (Wildman–Crippen LogP) is 15.1. The van der Waals surface area contributed by atoms with E-state index in [-0.39, 0.29) is 89.6 Å². The van der Waals surface area contributed by atoms with Gasteiger partial charge in [0.05, 0.1) is 75.2 Å². The van der Waals surface area contributed by atoms with Crippen molar-refractivity contribution in [2.75, 3.05) is 48.3 Å². The van der Waals surface area contributed by atoms with Gasteiger partial charge in [-0.15, -0.1) is 56.7 Å². The summed E-state index contributed by atoms with van der Waals surface area (Å²) in [5, 5.41) is 41.7. The maximum absolute atomic E-state index is 13.6. The van der Waals surface area contributed by atoms with E-state index in [1.807, 2.05) is 93.6 Å². The topological polar surface area (TPSA) is 405 Å². The van der Waals surface area contributed by atoms with Gasteiger partial charge in [0.2, 0.25) is 29.5 Å². The van der Waals surface area contributed by atoms with Crippen LogP contribution in [-0.2, 0) is 51.7 Å². The third-order valence-corrected chi connectivity index (χ3v) is 29.2. The molecule has 5 amide bonds. The number of guanidine groups is 5. The van der Waals surface area contributed by atoms with Gasteiger partial charge in [0.1, 0.15) is 50.0 Å². The molecule has 10 aromatic rings. The number of thiazole rings is 1. The number of hydrogen-bond acceptors (Lipinski definition) is 26. The van der Waals surface area contributed by atoms with Gasteiger partial charge in [-0.2, -0.15) is 21.0 Å². The number of carbonyl (C=O) groups is 5. The van der Waals surface area contributed by atoms with Gasteiger partial charge in [-0.3, -0.25) is 48.5 Å². The molecule has 0 unspecified atom stereocenters. The minimum absolute atomic E-state index is 0.0138. The van der Waals surface area contributed by atoms with E-state index in [2.05, 4.69) is 116 Å². The lowest BCUT2D eigenvalue weighted by atomic mass is 9.70. The maximum Gasteiger partial charge on any atom is 0.235 e. The molecule has 0 bridgehead atoms. The first-order chi connectivity index (χ1) is 58.8. The number of nitrogens with two attached hydrogens (primary N) is 5. The van der Waals surface area contributed by atoms with E-state index in [0.29, 0.717) is 50.9 Å². The van der Waals surface area contributed by atoms with Crippen LogP contribution in [0.2, 0.25) is 4.34 Å². The summed E-state index contributed by atoms with van der Waals surface area (Å²) in [6, 6.07) is 55.9. The van der Waals surface area contributed by atoms with E-state index in [1.165, 1.54) is 76.7 Å². The third kappa shape index (κ3) is 19.4. The molecular weight excluding hydrogens is 1680 g/mol. The Hall–Kier alpha value is -12.6. The molecule has 0 radical (unpaired) electrons. The highest BCUT2D eigenvalue weighted by Gasteiger charge is 2.52. The molecular formula is C91H93ClFN21O5S5. The number of piperidine rings is 1. The van der Waals surface area contributed by atoms with Gasteiger partial charge < -0.3 is 33.6 Å². The largest absolute Gasteiger partial charge is 0.369 e. The summed E-state index contributed by atoms with van der Waals surface area (Å²) >= 11 is 13.4. The number of rotatable bonds is 12. The number of aliphatic imine (C=N–C) groups is 5. The Bertz CT molecular complexity index is 6130. The average molecular weight is 1780 g/mol. The number of aromatic nitrogens is 1. The van der Waals surface area contributed by atoms with Crippen LogP contribution >= 0.6 is 68.3 Å². The SMILES string of the molecule is CC(C)N1CCC([C@@H]2C(=O)N(C)C(N)=N[C@]2(C)c2cc(-c3cccc(C#N)c3)cs2)CC1.CN1C(=O)C[C@@](C)(c2cc(-c3ccc(Cl)s3)cs2)N=C1N.CN1C(=O)C[C@@](C)(c2cc(-c3ccc(F)c(C#N)c3)c(C#N)s2)N=C1N.CN1C(=O)C[C@@](C)(c2cccc(-c3ccccc3)c2)N=C1N.CN1C(=O)C[C@@](C)(c2cnc(-c3cccc(C#N)c3)s2)N=C1N. The van der Waals surface area contributed by atoms with Gasteiger partial charge in [0, 0.05) is 83.7 Å². The Balaban J connectivity index is 0.000000143. The number of halogens is 2. The Morgan fingerprint density at radius 3 is 1.50 bits per heavy atom. The van der Waals surface area contributed by atoms with Crippen LogP contribution in [0.25, 0.3) is 54.4 Å². The zero-order valence-electron chi connectivity index (χ0n) is 70.4. The van der Waals surface area contributed by atoms with Crippen molar-refractivity contribution in [2.24, 2.45) is 65.5 Å². The molecule has 0 saturated carbocycles. The zero-order chi connectivity index (χ0) is 89.7. The molecule has 16 rings (SSSR count). The van der Waals surface area contributed by atoms with E-state index in [0.717, 1.165) is 93.7 Å². The minimum atomic E-state index is -0.875. The fraction of sp³-hybridized carbons (Fsp3) is 0.308. The second kappa shape index (κ2) is 37.2. The fourth-order valence-electron chi connectivity index (χ4n) is 15.3. The number of thiophene rings is 4. The maximum atomic E-state index is 13.6. The van der Waals surface area contributed by atoms with Crippen molar-refractivity contribution in [1.29, 1.82) is 21.0 Å². The highest BCUT2D eigenvalue weighted by atomic mass is 35.5. The number of hydrogen-bond donors (Lipinski definition) is 5. The molecule has 6 aliphatic heterocycles. The van der Waals surface area contributed by atoms with E-state index in [1.54, 1.807) is 101 Å². The lowest BCUT2D eigenvalue weighted by Gasteiger charge is -2.46. The molecule has 1 fully saturated rings. The summed E-state index contributed by atoms with van der Waals surface area (Å²) in [6.45, 7) is 16.1. The number of nitrogens with zero attached hydrogens (tertiary/aromatic N) is 16. The number of likely N-dealkylation sites (tertiary alicyclic amines) is 1. The second-order valence-corrected chi connectivity index (χ2v) is 37.7. The molecule has 11 heterocycles. The van der Waals surface area contributed by atoms with Gasteiger partial charge in [-0.25, -0.2) is 34.3 Å². The highest BCUT2D eigenvalue weighted by molar-refractivity contribution is 7.20. The van der Waals surface area contributed by atoms with Crippen LogP contribution in [0.15, 0.2) is 194 Å². The van der Waals surface area contributed by atoms with Crippen LogP contribution in [0.5, 0.6) is 0 Å². The lowest BCUT2D eigenvalue weighted by Crippen LogP contribution is -2.57. The molecule has 6 atom stereocenters. The molecule has 0 spiro atoms. The number of amides is 5. The summed E-state index contributed by atoms with van der Waals surface area (Å²) in [7, 11) is 8.20. The molecule has 26 nitrogen and oxygen atoms in total. The van der Waals surface area contributed by atoms with Crippen LogP contribution < -0.4 is 28.7 Å². The summed E-state index contributed by atoms with van der Waals surface area (Å²) in [5.74, 6) is 0.334. The molecule has 1 saturated heterocycles. The Morgan fingerprint density at radius 2 is 0.960 bits per heavy atom. The molecule has 636 valence electrons. The van der Waals surface area contributed by atoms with Crippen molar-refractivity contribution >= 4 is 128 Å². The number of carbonyl (C=O) groups excluding carboxylic acids is 5. The molecule has 6 aliphatic rings. The van der Waals surface area contributed by atoms with E-state index < -0.39 is 33.5 Å². The molecule has 5 aromatic heterocycles. The fourth-order valence-corrected chi connectivity index (χ4v) is 20.6. The van der Waals surface area contributed by atoms with Crippen molar-refractivity contribution in [3.63, 3.8) is 0 Å². The number of nitriles is 4. The normalized spacial score (nSPS) is 22.2. The first kappa shape index (κ1) is 90.6. The van der Waals surface area contributed by atoms with Crippen LogP contribution in [0, 0.1) is 63.0 Å². The second-order valence-electron chi connectivity index (χ2n) is 32.1. The Labute approximate surface area is 744 Å². The summed E-state index contributed by atoms with van der Waals surface area (Å²) in [5.41, 5.74) is 35.7.